The summed E-state index contributed by atoms with van der Waals surface area (Å²) in [5, 5.41) is 26.4. The molecule has 420 valence electrons. The van der Waals surface area contributed by atoms with Crippen molar-refractivity contribution in [1.82, 2.24) is 69.8 Å². The van der Waals surface area contributed by atoms with Crippen molar-refractivity contribution in [1.29, 1.82) is 0 Å². The van der Waals surface area contributed by atoms with Crippen LogP contribution in [0.25, 0.3) is 39.5 Å². The molecule has 8 rings (SSSR count). The van der Waals surface area contributed by atoms with Gasteiger partial charge < -0.3 is 61.3 Å². The molecule has 26 nitrogen and oxygen atoms in total. The number of carbonyl (C=O) groups is 3. The van der Waals surface area contributed by atoms with E-state index in [1.165, 1.54) is 12.1 Å². The number of pyridine rings is 1. The third kappa shape index (κ3) is 16.3. The van der Waals surface area contributed by atoms with Gasteiger partial charge in [0, 0.05) is 62.3 Å². The van der Waals surface area contributed by atoms with Crippen molar-refractivity contribution in [2.45, 2.75) is 45.1 Å². The first-order valence-corrected chi connectivity index (χ1v) is 25.6. The van der Waals surface area contributed by atoms with Crippen LogP contribution in [-0.2, 0) is 54.8 Å². The fourth-order valence-electron chi connectivity index (χ4n) is 8.19. The SMILES string of the molecule is CN(C)Cc1ccn2c(-c3ccnc(NCCOCCOCCOCc4cn(CCOCCNC(=O)CC[C@H](NC(=O)c5ccc(N(C)Cc6cnc7nc(N)nc(N)c7n6)cc5)C(=O)O)nn4)n3)c(-c3ccc(F)cc3)nc2c1. The minimum atomic E-state index is -1.29. The monoisotopic (exact) mass is 1100 g/mol. The number of carboxylic acids is 1. The molecule has 0 saturated carbocycles. The molecule has 6 aromatic heterocycles. The lowest BCUT2D eigenvalue weighted by molar-refractivity contribution is -0.139. The van der Waals surface area contributed by atoms with Gasteiger partial charge in [-0.05, 0) is 92.8 Å². The lowest BCUT2D eigenvalue weighted by Crippen LogP contribution is -2.41. The van der Waals surface area contributed by atoms with Crippen LogP contribution in [0.2, 0.25) is 0 Å². The molecule has 80 heavy (non-hydrogen) atoms. The molecule has 0 bridgehead atoms. The molecule has 0 aliphatic rings. The second-order valence-electron chi connectivity index (χ2n) is 18.5. The summed E-state index contributed by atoms with van der Waals surface area (Å²) < 4.78 is 40.2. The van der Waals surface area contributed by atoms with Crippen LogP contribution in [0.5, 0.6) is 0 Å². The Morgan fingerprint density at radius 3 is 2.33 bits per heavy atom. The number of anilines is 4. The van der Waals surface area contributed by atoms with Gasteiger partial charge in [-0.15, -0.1) is 5.10 Å². The Morgan fingerprint density at radius 2 is 1.55 bits per heavy atom. The zero-order valence-electron chi connectivity index (χ0n) is 44.5. The number of hydrogen-bond acceptors (Lipinski definition) is 21. The number of nitrogens with one attached hydrogen (secondary N) is 3. The number of amides is 2. The van der Waals surface area contributed by atoms with E-state index in [4.69, 9.17) is 40.4 Å². The highest BCUT2D eigenvalue weighted by atomic mass is 19.1. The summed E-state index contributed by atoms with van der Waals surface area (Å²) in [5.74, 6) is -2.01. The van der Waals surface area contributed by atoms with E-state index in [1.807, 2.05) is 48.8 Å². The minimum absolute atomic E-state index is 0.00414. The first kappa shape index (κ1) is 57.3. The van der Waals surface area contributed by atoms with Gasteiger partial charge >= 0.3 is 5.97 Å². The Kier molecular flexibility index (Phi) is 20.1. The third-order valence-corrected chi connectivity index (χ3v) is 12.1. The number of nitrogen functional groups attached to an aromatic ring is 2. The molecule has 2 aromatic carbocycles. The Bertz CT molecular complexity index is 3350. The van der Waals surface area contributed by atoms with E-state index in [-0.39, 0.29) is 67.3 Å². The number of carboxylic acid groups (broad SMARTS) is 1. The first-order chi connectivity index (χ1) is 38.8. The van der Waals surface area contributed by atoms with Crippen molar-refractivity contribution in [3.63, 3.8) is 0 Å². The van der Waals surface area contributed by atoms with Crippen LogP contribution in [0.4, 0.5) is 27.8 Å². The van der Waals surface area contributed by atoms with Crippen LogP contribution in [0.1, 0.15) is 40.2 Å². The molecule has 27 heteroatoms. The number of carbonyl (C=O) groups excluding carboxylic acids is 2. The van der Waals surface area contributed by atoms with Crippen molar-refractivity contribution in [3.05, 3.63) is 120 Å². The molecular weight excluding hydrogens is 1040 g/mol. The van der Waals surface area contributed by atoms with E-state index in [2.05, 4.69) is 62.1 Å². The zero-order valence-corrected chi connectivity index (χ0v) is 44.5. The molecular formula is C53H63FN18O8. The second kappa shape index (κ2) is 28.1. The molecule has 1 atom stereocenters. The van der Waals surface area contributed by atoms with E-state index in [9.17, 15) is 23.9 Å². The lowest BCUT2D eigenvalue weighted by atomic mass is 10.1. The average Bonchev–Trinajstić information content (AvgIpc) is 4.07. The summed E-state index contributed by atoms with van der Waals surface area (Å²) in [6.45, 7) is 4.84. The van der Waals surface area contributed by atoms with Crippen molar-refractivity contribution in [2.75, 3.05) is 102 Å². The van der Waals surface area contributed by atoms with E-state index in [0.29, 0.717) is 93.5 Å². The molecule has 0 unspecified atom stereocenters. The molecule has 0 spiro atoms. The smallest absolute Gasteiger partial charge is 0.326 e. The Balaban J connectivity index is 0.643. The second-order valence-corrected chi connectivity index (χ2v) is 18.5. The van der Waals surface area contributed by atoms with Gasteiger partial charge in [0.15, 0.2) is 17.0 Å². The van der Waals surface area contributed by atoms with Crippen molar-refractivity contribution >= 4 is 58.0 Å². The van der Waals surface area contributed by atoms with Crippen molar-refractivity contribution in [3.8, 4) is 22.6 Å². The Morgan fingerprint density at radius 1 is 0.800 bits per heavy atom. The van der Waals surface area contributed by atoms with Gasteiger partial charge in [-0.25, -0.2) is 38.8 Å². The number of nitrogens with two attached hydrogens (primary N) is 2. The summed E-state index contributed by atoms with van der Waals surface area (Å²) in [6, 6.07) is 17.5. The lowest BCUT2D eigenvalue weighted by Gasteiger charge is -2.19. The van der Waals surface area contributed by atoms with Gasteiger partial charge in [0.25, 0.3) is 5.91 Å². The van der Waals surface area contributed by atoms with Gasteiger partial charge in [-0.1, -0.05) is 5.21 Å². The van der Waals surface area contributed by atoms with Crippen LogP contribution in [-0.4, -0.2) is 169 Å². The number of nitrogens with zero attached hydrogens (tertiary/aromatic N) is 13. The summed E-state index contributed by atoms with van der Waals surface area (Å²) >= 11 is 0. The number of aliphatic carboxylic acids is 1. The number of imidazole rings is 1. The number of aromatic nitrogens is 11. The summed E-state index contributed by atoms with van der Waals surface area (Å²) in [6.07, 6.45) is 6.73. The summed E-state index contributed by atoms with van der Waals surface area (Å²) in [5.41, 5.74) is 19.2. The minimum Gasteiger partial charge on any atom is -0.480 e. The van der Waals surface area contributed by atoms with E-state index in [0.717, 1.165) is 34.7 Å². The number of benzene rings is 2. The highest BCUT2D eigenvalue weighted by Crippen LogP contribution is 2.33. The normalized spacial score (nSPS) is 11.8. The molecule has 0 aliphatic carbocycles. The molecule has 0 aliphatic heterocycles. The third-order valence-electron chi connectivity index (χ3n) is 12.1. The maximum Gasteiger partial charge on any atom is 0.326 e. The molecule has 6 heterocycles. The van der Waals surface area contributed by atoms with Gasteiger partial charge in [-0.3, -0.25) is 14.0 Å². The largest absolute Gasteiger partial charge is 0.480 e. The Hall–Kier alpha value is -8.89. The molecule has 0 fully saturated rings. The molecule has 8 aromatic rings. The standard InChI is InChI=1S/C53H63FN18O8/c1-69(2)30-34-15-19-72-43(28-34)64-45(35-4-8-37(54)9-5-35)47(72)41-14-16-58-53(63-41)59-18-22-78-24-25-79-26-27-80-33-39-32-71(68-67-39)20-23-77-21-17-57-44(73)13-12-42(51(75)76)62-50(74)36-6-10-40(11-7-36)70(3)31-38-29-60-49-46(61-38)48(55)65-52(56)66-49/h4-11,14-16,19,28-29,32,42H,12-13,17-18,20-27,30-31,33H2,1-3H3,(H,57,73)(H,62,74)(H,75,76)(H,58,59,63)(H4,55,56,60,65,66)/t42-/m0/s1. The molecule has 0 radical (unpaired) electrons. The fraction of sp³-hybridized carbons (Fsp3) is 0.358. The first-order valence-electron chi connectivity index (χ1n) is 25.6. The van der Waals surface area contributed by atoms with Crippen molar-refractivity contribution in [2.24, 2.45) is 0 Å². The number of ether oxygens (including phenoxy) is 4. The topological polar surface area (TPSA) is 328 Å². The summed E-state index contributed by atoms with van der Waals surface area (Å²) in [7, 11) is 5.86. The molecule has 8 N–H and O–H groups in total. The summed E-state index contributed by atoms with van der Waals surface area (Å²) in [4.78, 5) is 72.3. The maximum atomic E-state index is 13.9. The number of halogens is 1. The van der Waals surface area contributed by atoms with Crippen LogP contribution >= 0.6 is 0 Å². The predicted octanol–water partition coefficient (Wildman–Crippen LogP) is 3.24. The molecule has 2 amide bonds. The van der Waals surface area contributed by atoms with Crippen LogP contribution in [0, 0.1) is 5.82 Å². The fourth-order valence-corrected chi connectivity index (χ4v) is 8.19. The van der Waals surface area contributed by atoms with Gasteiger partial charge in [0.2, 0.25) is 17.8 Å². The van der Waals surface area contributed by atoms with Crippen molar-refractivity contribution < 1.29 is 42.8 Å². The van der Waals surface area contributed by atoms with Crippen LogP contribution in [0.3, 0.4) is 0 Å². The highest BCUT2D eigenvalue weighted by molar-refractivity contribution is 5.97. The van der Waals surface area contributed by atoms with E-state index < -0.39 is 17.9 Å². The average molecular weight is 1100 g/mol. The zero-order chi connectivity index (χ0) is 56.4. The number of hydrogen-bond donors (Lipinski definition) is 6. The maximum absolute atomic E-state index is 13.9. The van der Waals surface area contributed by atoms with Crippen LogP contribution < -0.4 is 32.3 Å². The predicted molar refractivity (Wildman–Crippen MR) is 293 cm³/mol. The molecule has 0 saturated heterocycles. The quantitative estimate of drug-likeness (QED) is 0.0340. The van der Waals surface area contributed by atoms with Crippen LogP contribution in [0.15, 0.2) is 91.5 Å². The van der Waals surface area contributed by atoms with Gasteiger partial charge in [0.1, 0.15) is 23.2 Å². The van der Waals surface area contributed by atoms with E-state index >= 15 is 0 Å². The Labute approximate surface area is 459 Å². The number of fused-ring (bicyclic) bond motifs is 2. The van der Waals surface area contributed by atoms with Gasteiger partial charge in [-0.2, -0.15) is 9.97 Å². The van der Waals surface area contributed by atoms with E-state index in [1.54, 1.807) is 59.7 Å². The number of rotatable bonds is 31. The highest BCUT2D eigenvalue weighted by Gasteiger charge is 2.23. The van der Waals surface area contributed by atoms with Gasteiger partial charge in [0.05, 0.1) is 101 Å².